The third-order valence-corrected chi connectivity index (χ3v) is 4.90. The number of nitriles is 1. The van der Waals surface area contributed by atoms with Crippen LogP contribution in [0.3, 0.4) is 0 Å². The first-order valence-electron chi connectivity index (χ1n) is 7.61. The molecule has 0 amide bonds. The molecule has 0 bridgehead atoms. The molecule has 0 aliphatic heterocycles. The lowest BCUT2D eigenvalue weighted by molar-refractivity contribution is 0.0188. The summed E-state index contributed by atoms with van der Waals surface area (Å²) < 4.78 is 5.03. The number of rotatable bonds is 4. The second-order valence-corrected chi connectivity index (χ2v) is 6.39. The predicted octanol–water partition coefficient (Wildman–Crippen LogP) is 3.48. The molecule has 1 unspecified atom stereocenters. The largest absolute Gasteiger partial charge is 0.481 e. The fourth-order valence-corrected chi connectivity index (χ4v) is 3.26. The Kier molecular flexibility index (Phi) is 4.84. The van der Waals surface area contributed by atoms with Crippen molar-refractivity contribution in [1.82, 2.24) is 4.98 Å². The maximum absolute atomic E-state index is 10.7. The van der Waals surface area contributed by atoms with Crippen molar-refractivity contribution < 1.29 is 9.84 Å². The summed E-state index contributed by atoms with van der Waals surface area (Å²) in [7, 11) is 1.56. The van der Waals surface area contributed by atoms with Gasteiger partial charge in [0.25, 0.3) is 0 Å². The molecule has 114 valence electrons. The number of methoxy groups -OCH3 is 1. The van der Waals surface area contributed by atoms with Gasteiger partial charge in [0.2, 0.25) is 5.88 Å². The van der Waals surface area contributed by atoms with Gasteiger partial charge < -0.3 is 9.84 Å². The van der Waals surface area contributed by atoms with E-state index >= 15 is 0 Å². The van der Waals surface area contributed by atoms with Gasteiger partial charge in [-0.15, -0.1) is 0 Å². The lowest BCUT2D eigenvalue weighted by Gasteiger charge is -2.39. The van der Waals surface area contributed by atoms with Crippen LogP contribution >= 0.6 is 0 Å². The van der Waals surface area contributed by atoms with Crippen molar-refractivity contribution in [3.05, 3.63) is 23.9 Å². The molecule has 1 aromatic heterocycles. The minimum atomic E-state index is -0.783. The minimum Gasteiger partial charge on any atom is -0.481 e. The van der Waals surface area contributed by atoms with E-state index in [1.807, 2.05) is 0 Å². The summed E-state index contributed by atoms with van der Waals surface area (Å²) in [5.74, 6) is 1.81. The molecular formula is C17H24N2O2. The van der Waals surface area contributed by atoms with E-state index in [1.54, 1.807) is 25.4 Å². The molecule has 1 saturated carbocycles. The molecular weight excluding hydrogens is 264 g/mol. The molecule has 4 nitrogen and oxygen atoms in total. The third kappa shape index (κ3) is 3.19. The second kappa shape index (κ2) is 6.44. The van der Waals surface area contributed by atoms with Gasteiger partial charge >= 0.3 is 0 Å². The molecule has 1 N–H and O–H groups in total. The van der Waals surface area contributed by atoms with Crippen LogP contribution in [0.2, 0.25) is 0 Å². The zero-order valence-corrected chi connectivity index (χ0v) is 13.0. The summed E-state index contributed by atoms with van der Waals surface area (Å²) in [5, 5.41) is 20.3. The van der Waals surface area contributed by atoms with Crippen molar-refractivity contribution in [3.8, 4) is 11.9 Å². The van der Waals surface area contributed by atoms with Gasteiger partial charge in [-0.25, -0.2) is 4.98 Å². The summed E-state index contributed by atoms with van der Waals surface area (Å²) in [6.45, 7) is 4.46. The number of aliphatic hydroxyl groups is 1. The molecule has 4 heteroatoms. The Morgan fingerprint density at radius 3 is 2.48 bits per heavy atom. The van der Waals surface area contributed by atoms with Crippen LogP contribution in [0.25, 0.3) is 0 Å². The average Bonchev–Trinajstić information content (AvgIpc) is 2.54. The van der Waals surface area contributed by atoms with Crippen LogP contribution in [0, 0.1) is 28.6 Å². The van der Waals surface area contributed by atoms with E-state index in [9.17, 15) is 10.4 Å². The number of pyridine rings is 1. The van der Waals surface area contributed by atoms with E-state index in [1.165, 1.54) is 0 Å². The van der Waals surface area contributed by atoms with E-state index in [0.717, 1.165) is 25.7 Å². The molecule has 0 radical (unpaired) electrons. The number of aliphatic hydroxyl groups excluding tert-OH is 1. The van der Waals surface area contributed by atoms with Crippen LogP contribution in [0.15, 0.2) is 18.3 Å². The van der Waals surface area contributed by atoms with Gasteiger partial charge in [-0.05, 0) is 43.6 Å². The molecule has 1 aliphatic rings. The van der Waals surface area contributed by atoms with Crippen LogP contribution < -0.4 is 4.74 Å². The van der Waals surface area contributed by atoms with E-state index < -0.39 is 11.5 Å². The molecule has 1 aromatic rings. The van der Waals surface area contributed by atoms with Gasteiger partial charge in [0.15, 0.2) is 0 Å². The quantitative estimate of drug-likeness (QED) is 0.921. The van der Waals surface area contributed by atoms with Crippen LogP contribution in [0.4, 0.5) is 0 Å². The van der Waals surface area contributed by atoms with Crippen molar-refractivity contribution in [2.24, 2.45) is 17.3 Å². The Labute approximate surface area is 126 Å². The highest BCUT2D eigenvalue weighted by atomic mass is 16.5. The first-order chi connectivity index (χ1) is 10.0. The zero-order chi connectivity index (χ0) is 15.5. The van der Waals surface area contributed by atoms with Gasteiger partial charge in [-0.3, -0.25) is 0 Å². The standard InChI is InChI=1S/C17H24N2O2/c1-12(2)13-6-8-17(11-18,9-7-13)16(20)14-4-5-15(21-3)19-10-14/h4-5,10,12-13,16,20H,6-9H2,1-3H3. The predicted molar refractivity (Wildman–Crippen MR) is 80.6 cm³/mol. The van der Waals surface area contributed by atoms with Gasteiger partial charge in [0.1, 0.15) is 0 Å². The molecule has 0 spiro atoms. The van der Waals surface area contributed by atoms with Gasteiger partial charge in [-0.1, -0.05) is 13.8 Å². The monoisotopic (exact) mass is 288 g/mol. The molecule has 1 heterocycles. The van der Waals surface area contributed by atoms with Crippen LogP contribution in [0.5, 0.6) is 5.88 Å². The SMILES string of the molecule is COc1ccc(C(O)C2(C#N)CCC(C(C)C)CC2)cn1. The highest BCUT2D eigenvalue weighted by Crippen LogP contribution is 2.48. The Bertz CT molecular complexity index is 497. The maximum Gasteiger partial charge on any atom is 0.212 e. The number of hydrogen-bond acceptors (Lipinski definition) is 4. The van der Waals surface area contributed by atoms with Crippen molar-refractivity contribution in [1.29, 1.82) is 5.26 Å². The van der Waals surface area contributed by atoms with Crippen molar-refractivity contribution in [3.63, 3.8) is 0 Å². The lowest BCUT2D eigenvalue weighted by Crippen LogP contribution is -2.33. The molecule has 0 aromatic carbocycles. The fourth-order valence-electron chi connectivity index (χ4n) is 3.26. The second-order valence-electron chi connectivity index (χ2n) is 6.39. The van der Waals surface area contributed by atoms with Gasteiger partial charge in [-0.2, -0.15) is 5.26 Å². The summed E-state index contributed by atoms with van der Waals surface area (Å²) in [4.78, 5) is 4.13. The Morgan fingerprint density at radius 1 is 1.38 bits per heavy atom. The van der Waals surface area contributed by atoms with E-state index in [2.05, 4.69) is 24.9 Å². The maximum atomic E-state index is 10.7. The Balaban J connectivity index is 2.15. The number of aromatic nitrogens is 1. The van der Waals surface area contributed by atoms with Crippen LogP contribution in [-0.2, 0) is 0 Å². The number of nitrogens with zero attached hydrogens (tertiary/aromatic N) is 2. The van der Waals surface area contributed by atoms with Crippen molar-refractivity contribution in [2.75, 3.05) is 7.11 Å². The highest BCUT2D eigenvalue weighted by molar-refractivity contribution is 5.24. The zero-order valence-electron chi connectivity index (χ0n) is 13.0. The summed E-state index contributed by atoms with van der Waals surface area (Å²) in [6, 6.07) is 5.92. The first-order valence-corrected chi connectivity index (χ1v) is 7.61. The normalized spacial score (nSPS) is 27.1. The first kappa shape index (κ1) is 15.8. The summed E-state index contributed by atoms with van der Waals surface area (Å²) >= 11 is 0. The molecule has 21 heavy (non-hydrogen) atoms. The smallest absolute Gasteiger partial charge is 0.212 e. The Hall–Kier alpha value is -1.60. The third-order valence-electron chi connectivity index (χ3n) is 4.90. The van der Waals surface area contributed by atoms with Gasteiger partial charge in [0, 0.05) is 17.8 Å². The van der Waals surface area contributed by atoms with E-state index in [-0.39, 0.29) is 0 Å². The lowest BCUT2D eigenvalue weighted by atomic mass is 9.65. The molecule has 1 atom stereocenters. The summed E-state index contributed by atoms with van der Waals surface area (Å²) in [6.07, 6.45) is 4.34. The minimum absolute atomic E-state index is 0.514. The number of ether oxygens (including phenoxy) is 1. The van der Waals surface area contributed by atoms with Gasteiger partial charge in [0.05, 0.1) is 24.7 Å². The highest BCUT2D eigenvalue weighted by Gasteiger charge is 2.43. The molecule has 0 saturated heterocycles. The Morgan fingerprint density at radius 2 is 2.05 bits per heavy atom. The summed E-state index contributed by atoms with van der Waals surface area (Å²) in [5.41, 5.74) is 0.0159. The van der Waals surface area contributed by atoms with E-state index in [4.69, 9.17) is 4.74 Å². The van der Waals surface area contributed by atoms with Crippen LogP contribution in [-0.4, -0.2) is 17.2 Å². The van der Waals surface area contributed by atoms with Crippen LogP contribution in [0.1, 0.15) is 51.2 Å². The topological polar surface area (TPSA) is 66.1 Å². The van der Waals surface area contributed by atoms with Crippen molar-refractivity contribution >= 4 is 0 Å². The van der Waals surface area contributed by atoms with E-state index in [0.29, 0.717) is 23.3 Å². The fraction of sp³-hybridized carbons (Fsp3) is 0.647. The average molecular weight is 288 g/mol. The van der Waals surface area contributed by atoms with Crippen molar-refractivity contribution in [2.45, 2.75) is 45.6 Å². The molecule has 1 aliphatic carbocycles. The molecule has 1 fully saturated rings. The molecule has 2 rings (SSSR count). The number of hydrogen-bond donors (Lipinski definition) is 1.